The summed E-state index contributed by atoms with van der Waals surface area (Å²) < 4.78 is 18.2. The maximum absolute atomic E-state index is 12.8. The van der Waals surface area contributed by atoms with Gasteiger partial charge in [-0.3, -0.25) is 4.79 Å². The molecule has 0 aromatic heterocycles. The second kappa shape index (κ2) is 6.20. The van der Waals surface area contributed by atoms with E-state index in [-0.39, 0.29) is 27.8 Å². The number of carbonyl (C=O) groups is 1. The molecule has 1 aromatic carbocycles. The van der Waals surface area contributed by atoms with E-state index >= 15 is 0 Å². The summed E-state index contributed by atoms with van der Waals surface area (Å²) in [6, 6.07) is 6.28. The van der Waals surface area contributed by atoms with Crippen LogP contribution in [0.15, 0.2) is 18.2 Å². The van der Waals surface area contributed by atoms with Gasteiger partial charge in [0.15, 0.2) is 0 Å². The Morgan fingerprint density at radius 1 is 1.00 bits per heavy atom. The molecular weight excluding hydrogens is 388 g/mol. The van der Waals surface area contributed by atoms with Crippen molar-refractivity contribution in [2.45, 2.75) is 77.7 Å². The fourth-order valence-corrected chi connectivity index (χ4v) is 9.28. The van der Waals surface area contributed by atoms with Gasteiger partial charge in [-0.2, -0.15) is 0 Å². The quantitative estimate of drug-likeness (QED) is 0.553. The average Bonchev–Trinajstić information content (AvgIpc) is 2.74. The van der Waals surface area contributed by atoms with Crippen LogP contribution in [0.5, 0.6) is 11.5 Å². The van der Waals surface area contributed by atoms with Crippen molar-refractivity contribution in [1.29, 1.82) is 0 Å². The Morgan fingerprint density at radius 2 is 1.81 bits per heavy atom. The number of cyclic esters (lactones) is 1. The maximum Gasteiger partial charge on any atom is 0.312 e. The SMILES string of the molecule is COc1ccc2c(c1)CC1[C@]3(C)CCC4C5(C)CCC[C@]4(COC5=O)C3CC[C@]1(C)O2. The third-order valence-corrected chi connectivity index (χ3v) is 10.7. The fourth-order valence-electron chi connectivity index (χ4n) is 9.28. The Morgan fingerprint density at radius 3 is 2.61 bits per heavy atom. The van der Waals surface area contributed by atoms with Crippen LogP contribution >= 0.6 is 0 Å². The summed E-state index contributed by atoms with van der Waals surface area (Å²) in [4.78, 5) is 12.8. The van der Waals surface area contributed by atoms with Crippen molar-refractivity contribution >= 4 is 5.97 Å². The molecule has 2 heterocycles. The van der Waals surface area contributed by atoms with Crippen molar-refractivity contribution in [2.75, 3.05) is 13.7 Å². The van der Waals surface area contributed by atoms with Gasteiger partial charge in [-0.1, -0.05) is 13.3 Å². The Balaban J connectivity index is 1.42. The van der Waals surface area contributed by atoms with E-state index in [4.69, 9.17) is 14.2 Å². The Hall–Kier alpha value is -1.71. The minimum absolute atomic E-state index is 0.0686. The van der Waals surface area contributed by atoms with Crippen molar-refractivity contribution in [3.8, 4) is 11.5 Å². The molecule has 3 saturated carbocycles. The number of carbonyl (C=O) groups excluding carboxylic acids is 1. The van der Waals surface area contributed by atoms with E-state index in [0.29, 0.717) is 24.4 Å². The molecule has 4 fully saturated rings. The largest absolute Gasteiger partial charge is 0.497 e. The number of benzene rings is 1. The molecule has 2 aliphatic heterocycles. The van der Waals surface area contributed by atoms with Gasteiger partial charge in [-0.15, -0.1) is 0 Å². The zero-order valence-corrected chi connectivity index (χ0v) is 19.5. The van der Waals surface area contributed by atoms with Crippen LogP contribution in [0.4, 0.5) is 0 Å². The van der Waals surface area contributed by atoms with E-state index in [9.17, 15) is 4.79 Å². The summed E-state index contributed by atoms with van der Waals surface area (Å²) in [5, 5.41) is 0. The normalized spacial score (nSPS) is 47.6. The zero-order chi connectivity index (χ0) is 21.6. The molecule has 0 N–H and O–H groups in total. The molecule has 0 spiro atoms. The predicted molar refractivity (Wildman–Crippen MR) is 118 cm³/mol. The number of methoxy groups -OCH3 is 1. The molecule has 7 atom stereocenters. The summed E-state index contributed by atoms with van der Waals surface area (Å²) in [6.07, 6.45) is 9.03. The molecule has 2 bridgehead atoms. The van der Waals surface area contributed by atoms with Crippen LogP contribution < -0.4 is 9.47 Å². The van der Waals surface area contributed by atoms with Crippen molar-refractivity contribution in [3.63, 3.8) is 0 Å². The lowest BCUT2D eigenvalue weighted by atomic mass is 9.36. The number of hydrogen-bond acceptors (Lipinski definition) is 4. The smallest absolute Gasteiger partial charge is 0.312 e. The molecule has 0 radical (unpaired) electrons. The number of rotatable bonds is 1. The molecule has 4 nitrogen and oxygen atoms in total. The minimum atomic E-state index is -0.276. The molecule has 4 heteroatoms. The first-order chi connectivity index (χ1) is 14.8. The zero-order valence-electron chi connectivity index (χ0n) is 19.5. The van der Waals surface area contributed by atoms with Crippen molar-refractivity contribution in [1.82, 2.24) is 0 Å². The highest BCUT2D eigenvalue weighted by molar-refractivity contribution is 5.78. The Kier molecular flexibility index (Phi) is 3.99. The second-order valence-corrected chi connectivity index (χ2v) is 11.9. The minimum Gasteiger partial charge on any atom is -0.497 e. The second-order valence-electron chi connectivity index (χ2n) is 11.9. The van der Waals surface area contributed by atoms with Crippen LogP contribution in [0.1, 0.15) is 71.3 Å². The summed E-state index contributed by atoms with van der Waals surface area (Å²) in [7, 11) is 1.73. The highest BCUT2D eigenvalue weighted by Gasteiger charge is 2.70. The first-order valence-corrected chi connectivity index (χ1v) is 12.3. The molecule has 3 aliphatic carbocycles. The number of ether oxygens (including phenoxy) is 3. The molecule has 0 amide bonds. The van der Waals surface area contributed by atoms with Crippen molar-refractivity contribution in [3.05, 3.63) is 23.8 Å². The van der Waals surface area contributed by atoms with Gasteiger partial charge in [0.2, 0.25) is 0 Å². The van der Waals surface area contributed by atoms with Gasteiger partial charge >= 0.3 is 5.97 Å². The van der Waals surface area contributed by atoms with Crippen LogP contribution in [0.25, 0.3) is 0 Å². The lowest BCUT2D eigenvalue weighted by molar-refractivity contribution is -0.255. The number of esters is 1. The summed E-state index contributed by atoms with van der Waals surface area (Å²) >= 11 is 0. The topological polar surface area (TPSA) is 44.8 Å². The van der Waals surface area contributed by atoms with E-state index in [2.05, 4.69) is 32.9 Å². The molecule has 31 heavy (non-hydrogen) atoms. The monoisotopic (exact) mass is 424 g/mol. The summed E-state index contributed by atoms with van der Waals surface area (Å²) in [6.45, 7) is 7.74. The van der Waals surface area contributed by atoms with Crippen LogP contribution in [0.3, 0.4) is 0 Å². The molecule has 168 valence electrons. The summed E-state index contributed by atoms with van der Waals surface area (Å²) in [5.41, 5.74) is 1.24. The predicted octanol–water partition coefficient (Wildman–Crippen LogP) is 5.56. The van der Waals surface area contributed by atoms with Gasteiger partial charge in [-0.05, 0) is 99.8 Å². The molecule has 4 unspecified atom stereocenters. The number of fused-ring (bicyclic) bond motifs is 4. The Labute approximate surface area is 186 Å². The van der Waals surface area contributed by atoms with Crippen LogP contribution in [-0.2, 0) is 16.0 Å². The molecule has 5 aliphatic rings. The molecule has 1 aromatic rings. The van der Waals surface area contributed by atoms with Gasteiger partial charge in [0.25, 0.3) is 0 Å². The van der Waals surface area contributed by atoms with E-state index in [1.54, 1.807) is 7.11 Å². The summed E-state index contributed by atoms with van der Waals surface area (Å²) in [5.74, 6) is 3.56. The highest BCUT2D eigenvalue weighted by Crippen LogP contribution is 2.72. The standard InChI is InChI=1S/C27H36O4/c1-24-12-8-21-25(2)10-5-11-27(21,16-30-23(25)28)20(24)9-13-26(3)22(24)15-17-14-18(29-4)6-7-19(17)31-26/h6-7,14,20-22H,5,8-13,15-16H2,1-4H3/t20?,21?,22?,24-,25?,26+,27+/m1/s1. The Bertz CT molecular complexity index is 941. The fraction of sp³-hybridized carbons (Fsp3) is 0.741. The van der Waals surface area contributed by atoms with E-state index < -0.39 is 0 Å². The van der Waals surface area contributed by atoms with Gasteiger partial charge in [0.05, 0.1) is 19.1 Å². The lowest BCUT2D eigenvalue weighted by Crippen LogP contribution is -2.69. The van der Waals surface area contributed by atoms with Crippen molar-refractivity contribution < 1.29 is 19.0 Å². The third-order valence-electron chi connectivity index (χ3n) is 10.7. The van der Waals surface area contributed by atoms with Gasteiger partial charge in [-0.25, -0.2) is 0 Å². The van der Waals surface area contributed by atoms with Gasteiger partial charge in [0.1, 0.15) is 17.1 Å². The lowest BCUT2D eigenvalue weighted by Gasteiger charge is -2.70. The average molecular weight is 425 g/mol. The van der Waals surface area contributed by atoms with E-state index in [1.807, 2.05) is 6.07 Å². The highest BCUT2D eigenvalue weighted by atomic mass is 16.5. The van der Waals surface area contributed by atoms with Gasteiger partial charge in [0, 0.05) is 11.3 Å². The molecular formula is C27H36O4. The van der Waals surface area contributed by atoms with E-state index in [1.165, 1.54) is 24.8 Å². The van der Waals surface area contributed by atoms with Gasteiger partial charge < -0.3 is 14.2 Å². The first kappa shape index (κ1) is 19.9. The van der Waals surface area contributed by atoms with Crippen LogP contribution in [0.2, 0.25) is 0 Å². The third kappa shape index (κ3) is 2.40. The maximum atomic E-state index is 12.8. The van der Waals surface area contributed by atoms with Crippen LogP contribution in [0, 0.1) is 34.0 Å². The molecule has 6 rings (SSSR count). The number of hydrogen-bond donors (Lipinski definition) is 0. The molecule has 1 saturated heterocycles. The van der Waals surface area contributed by atoms with E-state index in [0.717, 1.165) is 43.6 Å². The van der Waals surface area contributed by atoms with Crippen molar-refractivity contribution in [2.24, 2.45) is 34.0 Å². The first-order valence-electron chi connectivity index (χ1n) is 12.3. The van der Waals surface area contributed by atoms with Crippen LogP contribution in [-0.4, -0.2) is 25.3 Å².